The van der Waals surface area contributed by atoms with Crippen LogP contribution in [0.4, 0.5) is 5.69 Å². The van der Waals surface area contributed by atoms with E-state index < -0.39 is 5.91 Å². The lowest BCUT2D eigenvalue weighted by Gasteiger charge is -2.12. The highest BCUT2D eigenvalue weighted by Gasteiger charge is 2.15. The molecule has 0 aromatic heterocycles. The van der Waals surface area contributed by atoms with Crippen LogP contribution < -0.4 is 16.4 Å². The monoisotopic (exact) mass is 295 g/mol. The predicted octanol–water partition coefficient (Wildman–Crippen LogP) is 1.91. The summed E-state index contributed by atoms with van der Waals surface area (Å²) in [5.41, 5.74) is 5.96. The highest BCUT2D eigenvalue weighted by atomic mass is 35.5. The van der Waals surface area contributed by atoms with Crippen molar-refractivity contribution in [3.63, 3.8) is 0 Å². The van der Waals surface area contributed by atoms with Crippen LogP contribution >= 0.6 is 11.6 Å². The second kappa shape index (κ2) is 6.72. The molecule has 2 amide bonds. The summed E-state index contributed by atoms with van der Waals surface area (Å²) in [6.45, 7) is 0.278. The zero-order chi connectivity index (χ0) is 14.5. The Morgan fingerprint density at radius 3 is 2.60 bits per heavy atom. The molecule has 6 heteroatoms. The number of hydrogen-bond donors (Lipinski definition) is 3. The van der Waals surface area contributed by atoms with Gasteiger partial charge in [0.25, 0.3) is 0 Å². The van der Waals surface area contributed by atoms with Crippen molar-refractivity contribution in [2.24, 2.45) is 5.73 Å². The minimum atomic E-state index is -0.587. The van der Waals surface area contributed by atoms with E-state index in [9.17, 15) is 9.59 Å². The van der Waals surface area contributed by atoms with Crippen LogP contribution in [0.15, 0.2) is 18.2 Å². The summed E-state index contributed by atoms with van der Waals surface area (Å²) < 4.78 is 0. The molecule has 1 aliphatic carbocycles. The molecule has 1 aromatic rings. The summed E-state index contributed by atoms with van der Waals surface area (Å²) >= 11 is 5.92. The van der Waals surface area contributed by atoms with E-state index in [0.717, 1.165) is 12.8 Å². The van der Waals surface area contributed by atoms with Gasteiger partial charge < -0.3 is 16.4 Å². The van der Waals surface area contributed by atoms with E-state index >= 15 is 0 Å². The first-order valence-electron chi connectivity index (χ1n) is 6.69. The maximum absolute atomic E-state index is 11.8. The van der Waals surface area contributed by atoms with Crippen molar-refractivity contribution >= 4 is 29.1 Å². The molecular formula is C14H18ClN3O2. The van der Waals surface area contributed by atoms with Gasteiger partial charge in [-0.15, -0.1) is 0 Å². The smallest absolute Gasteiger partial charge is 0.250 e. The van der Waals surface area contributed by atoms with Crippen LogP contribution in [0.3, 0.4) is 0 Å². The number of amides is 2. The van der Waals surface area contributed by atoms with Crippen LogP contribution in [0.1, 0.15) is 36.0 Å². The van der Waals surface area contributed by atoms with Crippen LogP contribution in [0.2, 0.25) is 5.02 Å². The van der Waals surface area contributed by atoms with E-state index in [2.05, 4.69) is 10.6 Å². The van der Waals surface area contributed by atoms with Gasteiger partial charge in [-0.25, -0.2) is 0 Å². The molecule has 1 fully saturated rings. The molecule has 1 saturated carbocycles. The quantitative estimate of drug-likeness (QED) is 0.776. The first-order chi connectivity index (χ1) is 9.56. The number of nitrogens with one attached hydrogen (secondary N) is 2. The number of primary amides is 1. The number of rotatable bonds is 5. The third-order valence-electron chi connectivity index (χ3n) is 3.42. The number of carbonyl (C=O) groups excluding carboxylic acids is 2. The molecule has 0 heterocycles. The van der Waals surface area contributed by atoms with E-state index in [4.69, 9.17) is 17.3 Å². The number of hydrogen-bond acceptors (Lipinski definition) is 3. The Labute approximate surface area is 122 Å². The molecule has 0 aliphatic heterocycles. The van der Waals surface area contributed by atoms with Crippen molar-refractivity contribution in [3.05, 3.63) is 28.8 Å². The molecule has 0 unspecified atom stereocenters. The second-order valence-electron chi connectivity index (χ2n) is 4.97. The van der Waals surface area contributed by atoms with Gasteiger partial charge in [-0.1, -0.05) is 24.4 Å². The molecule has 108 valence electrons. The maximum Gasteiger partial charge on any atom is 0.250 e. The molecule has 20 heavy (non-hydrogen) atoms. The van der Waals surface area contributed by atoms with Gasteiger partial charge in [0.2, 0.25) is 11.8 Å². The SMILES string of the molecule is NC(=O)c1ccc(NC(=O)CNC2CCCC2)cc1Cl. The number of carbonyl (C=O) groups is 2. The first kappa shape index (κ1) is 14.8. The second-order valence-corrected chi connectivity index (χ2v) is 5.38. The molecule has 0 saturated heterocycles. The zero-order valence-corrected chi connectivity index (χ0v) is 11.9. The Hall–Kier alpha value is -1.59. The lowest BCUT2D eigenvalue weighted by Crippen LogP contribution is -2.34. The van der Waals surface area contributed by atoms with Gasteiger partial charge in [0.05, 0.1) is 17.1 Å². The Bertz CT molecular complexity index is 513. The normalized spacial score (nSPS) is 15.2. The molecule has 1 aromatic carbocycles. The molecule has 0 radical (unpaired) electrons. The summed E-state index contributed by atoms with van der Waals surface area (Å²) in [6, 6.07) is 5.08. The third kappa shape index (κ3) is 3.95. The highest BCUT2D eigenvalue weighted by molar-refractivity contribution is 6.34. The van der Waals surface area contributed by atoms with E-state index in [1.54, 1.807) is 6.07 Å². The fourth-order valence-electron chi connectivity index (χ4n) is 2.36. The maximum atomic E-state index is 11.8. The average molecular weight is 296 g/mol. The molecule has 1 aliphatic rings. The lowest BCUT2D eigenvalue weighted by molar-refractivity contribution is -0.115. The van der Waals surface area contributed by atoms with E-state index in [0.29, 0.717) is 11.7 Å². The Morgan fingerprint density at radius 2 is 2.00 bits per heavy atom. The summed E-state index contributed by atoms with van der Waals surface area (Å²) in [6.07, 6.45) is 4.71. The summed E-state index contributed by atoms with van der Waals surface area (Å²) in [5.74, 6) is -0.712. The first-order valence-corrected chi connectivity index (χ1v) is 7.06. The molecular weight excluding hydrogens is 278 g/mol. The van der Waals surface area contributed by atoms with Crippen LogP contribution in [0, 0.1) is 0 Å². The van der Waals surface area contributed by atoms with E-state index in [1.807, 2.05) is 0 Å². The topological polar surface area (TPSA) is 84.2 Å². The van der Waals surface area contributed by atoms with Gasteiger partial charge in [-0.05, 0) is 31.0 Å². The van der Waals surface area contributed by atoms with Gasteiger partial charge in [0.1, 0.15) is 0 Å². The Balaban J connectivity index is 1.87. The molecule has 0 spiro atoms. The van der Waals surface area contributed by atoms with Gasteiger partial charge in [0.15, 0.2) is 0 Å². The number of benzene rings is 1. The predicted molar refractivity (Wildman–Crippen MR) is 78.9 cm³/mol. The fourth-order valence-corrected chi connectivity index (χ4v) is 2.64. The highest BCUT2D eigenvalue weighted by Crippen LogP contribution is 2.20. The minimum Gasteiger partial charge on any atom is -0.366 e. The van der Waals surface area contributed by atoms with Crippen molar-refractivity contribution in [1.29, 1.82) is 0 Å². The largest absolute Gasteiger partial charge is 0.366 e. The molecule has 5 nitrogen and oxygen atoms in total. The number of anilines is 1. The van der Waals surface area contributed by atoms with Crippen LogP contribution in [0.25, 0.3) is 0 Å². The summed E-state index contributed by atoms with van der Waals surface area (Å²) in [5, 5.41) is 6.20. The summed E-state index contributed by atoms with van der Waals surface area (Å²) in [7, 11) is 0. The Kier molecular flexibility index (Phi) is 4.98. The molecule has 0 bridgehead atoms. The van der Waals surface area contributed by atoms with Crippen LogP contribution in [-0.4, -0.2) is 24.4 Å². The molecule has 4 N–H and O–H groups in total. The average Bonchev–Trinajstić information content (AvgIpc) is 2.89. The van der Waals surface area contributed by atoms with Gasteiger partial charge in [-0.2, -0.15) is 0 Å². The van der Waals surface area contributed by atoms with E-state index in [-0.39, 0.29) is 23.0 Å². The third-order valence-corrected chi connectivity index (χ3v) is 3.74. The lowest BCUT2D eigenvalue weighted by atomic mass is 10.2. The van der Waals surface area contributed by atoms with E-state index in [1.165, 1.54) is 25.0 Å². The minimum absolute atomic E-state index is 0.125. The van der Waals surface area contributed by atoms with Gasteiger partial charge >= 0.3 is 0 Å². The van der Waals surface area contributed by atoms with Crippen molar-refractivity contribution in [1.82, 2.24) is 5.32 Å². The molecule has 0 atom stereocenters. The number of nitrogens with two attached hydrogens (primary N) is 1. The van der Waals surface area contributed by atoms with Crippen molar-refractivity contribution in [2.75, 3.05) is 11.9 Å². The summed E-state index contributed by atoms with van der Waals surface area (Å²) in [4.78, 5) is 22.8. The van der Waals surface area contributed by atoms with Gasteiger partial charge in [-0.3, -0.25) is 9.59 Å². The van der Waals surface area contributed by atoms with Crippen LogP contribution in [0.5, 0.6) is 0 Å². The zero-order valence-electron chi connectivity index (χ0n) is 11.1. The standard InChI is InChI=1S/C14H18ClN3O2/c15-12-7-10(5-6-11(12)14(16)20)18-13(19)8-17-9-3-1-2-4-9/h5-7,9,17H,1-4,8H2,(H2,16,20)(H,18,19). The van der Waals surface area contributed by atoms with Gasteiger partial charge in [0, 0.05) is 11.7 Å². The van der Waals surface area contributed by atoms with Crippen molar-refractivity contribution in [3.8, 4) is 0 Å². The van der Waals surface area contributed by atoms with Crippen LogP contribution in [-0.2, 0) is 4.79 Å². The Morgan fingerprint density at radius 1 is 1.30 bits per heavy atom. The molecule has 2 rings (SSSR count). The fraction of sp³-hybridized carbons (Fsp3) is 0.429. The van der Waals surface area contributed by atoms with Crippen molar-refractivity contribution in [2.45, 2.75) is 31.7 Å². The number of halogens is 1. The van der Waals surface area contributed by atoms with Crippen molar-refractivity contribution < 1.29 is 9.59 Å².